The monoisotopic (exact) mass is 326 g/mol. The lowest BCUT2D eigenvalue weighted by Crippen LogP contribution is -2.31. The van der Waals surface area contributed by atoms with Crippen molar-refractivity contribution < 1.29 is 0 Å². The number of halogens is 1. The second-order valence-electron chi connectivity index (χ2n) is 6.15. The van der Waals surface area contributed by atoms with Crippen molar-refractivity contribution in [1.82, 2.24) is 20.3 Å². The van der Waals surface area contributed by atoms with Gasteiger partial charge in [0.1, 0.15) is 5.82 Å². The quantitative estimate of drug-likeness (QED) is 0.769. The molecular formula is C18H19ClN4. The minimum Gasteiger partial charge on any atom is -0.360 e. The Balaban J connectivity index is 1.69. The van der Waals surface area contributed by atoms with E-state index in [1.165, 1.54) is 12.8 Å². The van der Waals surface area contributed by atoms with E-state index in [4.69, 9.17) is 16.6 Å². The molecular weight excluding hydrogens is 308 g/mol. The van der Waals surface area contributed by atoms with E-state index in [9.17, 15) is 0 Å². The number of nitrogens with one attached hydrogen (secondary N) is 2. The van der Waals surface area contributed by atoms with E-state index < -0.39 is 0 Å². The van der Waals surface area contributed by atoms with Crippen molar-refractivity contribution in [3.63, 3.8) is 0 Å². The van der Waals surface area contributed by atoms with Crippen LogP contribution in [0.3, 0.4) is 0 Å². The molecule has 4 nitrogen and oxygen atoms in total. The number of hydrogen-bond donors (Lipinski definition) is 2. The number of piperidine rings is 1. The molecule has 1 aromatic carbocycles. The summed E-state index contributed by atoms with van der Waals surface area (Å²) in [5, 5.41) is 5.18. The van der Waals surface area contributed by atoms with Gasteiger partial charge in [-0.2, -0.15) is 0 Å². The number of hydrogen-bond acceptors (Lipinski definition) is 3. The molecule has 0 saturated carbocycles. The Labute approximate surface area is 140 Å². The van der Waals surface area contributed by atoms with Gasteiger partial charge in [-0.1, -0.05) is 29.8 Å². The lowest BCUT2D eigenvalue weighted by atomic mass is 9.96. The van der Waals surface area contributed by atoms with Crippen LogP contribution in [0.2, 0.25) is 5.02 Å². The molecule has 2 aromatic heterocycles. The van der Waals surface area contributed by atoms with E-state index >= 15 is 0 Å². The van der Waals surface area contributed by atoms with Crippen LogP contribution in [-0.2, 0) is 6.42 Å². The topological polar surface area (TPSA) is 53.6 Å². The fraction of sp³-hybridized carbons (Fsp3) is 0.333. The number of aromatic amines is 1. The number of nitrogens with zero attached hydrogens (tertiary/aromatic N) is 2. The van der Waals surface area contributed by atoms with Gasteiger partial charge in [-0.15, -0.1) is 0 Å². The maximum absolute atomic E-state index is 6.38. The van der Waals surface area contributed by atoms with E-state index in [-0.39, 0.29) is 0 Å². The van der Waals surface area contributed by atoms with E-state index in [2.05, 4.69) is 27.4 Å². The molecule has 0 radical (unpaired) electrons. The van der Waals surface area contributed by atoms with Crippen molar-refractivity contribution in [3.05, 3.63) is 47.5 Å². The molecule has 0 amide bonds. The first kappa shape index (κ1) is 14.7. The summed E-state index contributed by atoms with van der Waals surface area (Å²) >= 11 is 6.38. The van der Waals surface area contributed by atoms with Gasteiger partial charge in [0.05, 0.1) is 10.7 Å². The second kappa shape index (κ2) is 6.30. The summed E-state index contributed by atoms with van der Waals surface area (Å²) in [5.74, 6) is 1.49. The molecule has 1 atom stereocenters. The van der Waals surface area contributed by atoms with Crippen molar-refractivity contribution >= 4 is 22.5 Å². The molecule has 2 N–H and O–H groups in total. The maximum Gasteiger partial charge on any atom is 0.129 e. The minimum atomic E-state index is 0.597. The average Bonchev–Trinajstić information content (AvgIpc) is 3.01. The van der Waals surface area contributed by atoms with E-state index in [0.717, 1.165) is 47.5 Å². The molecule has 3 heterocycles. The Hall–Kier alpha value is -1.91. The Morgan fingerprint density at radius 3 is 3.04 bits per heavy atom. The third kappa shape index (κ3) is 2.96. The number of rotatable bonds is 3. The van der Waals surface area contributed by atoms with Crippen LogP contribution in [-0.4, -0.2) is 28.0 Å². The molecule has 0 aliphatic carbocycles. The summed E-state index contributed by atoms with van der Waals surface area (Å²) in [7, 11) is 0. The normalized spacial score (nSPS) is 18.4. The van der Waals surface area contributed by atoms with Gasteiger partial charge in [-0.25, -0.2) is 9.97 Å². The number of aromatic nitrogens is 3. The van der Waals surface area contributed by atoms with Crippen LogP contribution in [0.25, 0.3) is 22.2 Å². The Kier molecular flexibility index (Phi) is 4.02. The highest BCUT2D eigenvalue weighted by atomic mass is 35.5. The van der Waals surface area contributed by atoms with E-state index in [1.807, 2.05) is 18.3 Å². The first-order valence-corrected chi connectivity index (χ1v) is 8.47. The minimum absolute atomic E-state index is 0.597. The second-order valence-corrected chi connectivity index (χ2v) is 6.55. The molecule has 23 heavy (non-hydrogen) atoms. The largest absolute Gasteiger partial charge is 0.360 e. The summed E-state index contributed by atoms with van der Waals surface area (Å²) in [6.07, 6.45) is 7.08. The zero-order chi connectivity index (χ0) is 15.6. The molecule has 4 rings (SSSR count). The molecule has 1 aliphatic heterocycles. The van der Waals surface area contributed by atoms with Crippen LogP contribution in [0, 0.1) is 5.92 Å². The molecule has 3 aromatic rings. The van der Waals surface area contributed by atoms with Crippen molar-refractivity contribution in [3.8, 4) is 11.3 Å². The van der Waals surface area contributed by atoms with Crippen LogP contribution in [0.15, 0.2) is 36.7 Å². The summed E-state index contributed by atoms with van der Waals surface area (Å²) in [6, 6.07) is 8.20. The molecule has 5 heteroatoms. The third-order valence-corrected chi connectivity index (χ3v) is 4.79. The van der Waals surface area contributed by atoms with Crippen LogP contribution in [0.1, 0.15) is 18.7 Å². The molecule has 1 fully saturated rings. The predicted molar refractivity (Wildman–Crippen MR) is 93.6 cm³/mol. The SMILES string of the molecule is Clc1cnc(C[C@@H]2CCCNC2)nc1-c1c[nH]c2ccccc12. The Morgan fingerprint density at radius 1 is 1.26 bits per heavy atom. The summed E-state index contributed by atoms with van der Waals surface area (Å²) in [5.41, 5.74) is 2.95. The number of H-pyrrole nitrogens is 1. The third-order valence-electron chi connectivity index (χ3n) is 4.51. The molecule has 118 valence electrons. The number of benzene rings is 1. The Morgan fingerprint density at radius 2 is 2.17 bits per heavy atom. The molecule has 0 bridgehead atoms. The maximum atomic E-state index is 6.38. The summed E-state index contributed by atoms with van der Waals surface area (Å²) in [6.45, 7) is 2.17. The highest BCUT2D eigenvalue weighted by Crippen LogP contribution is 2.32. The molecule has 1 aliphatic rings. The lowest BCUT2D eigenvalue weighted by molar-refractivity contribution is 0.371. The summed E-state index contributed by atoms with van der Waals surface area (Å²) < 4.78 is 0. The van der Waals surface area contributed by atoms with Crippen molar-refractivity contribution in [2.24, 2.45) is 5.92 Å². The first-order chi connectivity index (χ1) is 11.3. The predicted octanol–water partition coefficient (Wildman–Crippen LogP) is 3.82. The van der Waals surface area contributed by atoms with Gasteiger partial charge in [0, 0.05) is 35.3 Å². The zero-order valence-corrected chi connectivity index (χ0v) is 13.6. The number of para-hydroxylation sites is 1. The highest BCUT2D eigenvalue weighted by molar-refractivity contribution is 6.33. The van der Waals surface area contributed by atoms with Crippen molar-refractivity contribution in [2.45, 2.75) is 19.3 Å². The van der Waals surface area contributed by atoms with Gasteiger partial charge < -0.3 is 10.3 Å². The van der Waals surface area contributed by atoms with Crippen LogP contribution in [0.5, 0.6) is 0 Å². The molecule has 0 unspecified atom stereocenters. The van der Waals surface area contributed by atoms with Crippen LogP contribution < -0.4 is 5.32 Å². The van der Waals surface area contributed by atoms with E-state index in [1.54, 1.807) is 6.20 Å². The van der Waals surface area contributed by atoms with Crippen LogP contribution >= 0.6 is 11.6 Å². The van der Waals surface area contributed by atoms with Gasteiger partial charge in [0.2, 0.25) is 0 Å². The lowest BCUT2D eigenvalue weighted by Gasteiger charge is -2.22. The van der Waals surface area contributed by atoms with Crippen molar-refractivity contribution in [1.29, 1.82) is 0 Å². The van der Waals surface area contributed by atoms with E-state index in [0.29, 0.717) is 10.9 Å². The molecule has 0 spiro atoms. The Bertz CT molecular complexity index is 821. The number of fused-ring (bicyclic) bond motifs is 1. The fourth-order valence-corrected chi connectivity index (χ4v) is 3.51. The van der Waals surface area contributed by atoms with Crippen molar-refractivity contribution in [2.75, 3.05) is 13.1 Å². The van der Waals surface area contributed by atoms with Gasteiger partial charge in [-0.3, -0.25) is 0 Å². The van der Waals surface area contributed by atoms with Gasteiger partial charge in [-0.05, 0) is 37.9 Å². The standard InChI is InChI=1S/C18H19ClN4/c19-15-11-22-17(8-12-4-3-7-20-9-12)23-18(15)14-10-21-16-6-2-1-5-13(14)16/h1-2,5-6,10-12,20-21H,3-4,7-9H2/t12-/m0/s1. The highest BCUT2D eigenvalue weighted by Gasteiger charge is 2.17. The first-order valence-electron chi connectivity index (χ1n) is 8.10. The van der Waals surface area contributed by atoms with Gasteiger partial charge >= 0.3 is 0 Å². The smallest absolute Gasteiger partial charge is 0.129 e. The average molecular weight is 327 g/mol. The van der Waals surface area contributed by atoms with Gasteiger partial charge in [0.25, 0.3) is 0 Å². The summed E-state index contributed by atoms with van der Waals surface area (Å²) in [4.78, 5) is 12.5. The van der Waals surface area contributed by atoms with Crippen LogP contribution in [0.4, 0.5) is 0 Å². The van der Waals surface area contributed by atoms with Gasteiger partial charge in [0.15, 0.2) is 0 Å². The molecule has 1 saturated heterocycles. The fourth-order valence-electron chi connectivity index (χ4n) is 3.31. The zero-order valence-electron chi connectivity index (χ0n) is 12.8.